The van der Waals surface area contributed by atoms with E-state index in [0.717, 1.165) is 5.56 Å². The Morgan fingerprint density at radius 1 is 1.27 bits per heavy atom. The number of phenols is 1. The van der Waals surface area contributed by atoms with Gasteiger partial charge in [0.15, 0.2) is 11.5 Å². The number of aromatic hydroxyl groups is 1. The van der Waals surface area contributed by atoms with Gasteiger partial charge in [-0.15, -0.1) is 0 Å². The van der Waals surface area contributed by atoms with Crippen LogP contribution in [-0.2, 0) is 6.42 Å². The van der Waals surface area contributed by atoms with Gasteiger partial charge in [0.2, 0.25) is 5.75 Å². The predicted octanol–water partition coefficient (Wildman–Crippen LogP) is 1.30. The van der Waals surface area contributed by atoms with Crippen LogP contribution in [0.2, 0.25) is 0 Å². The molecule has 0 amide bonds. The molecule has 15 heavy (non-hydrogen) atoms. The summed E-state index contributed by atoms with van der Waals surface area (Å²) in [6.07, 6.45) is 0.715. The molecule has 4 heteroatoms. The quantitative estimate of drug-likeness (QED) is 0.787. The summed E-state index contributed by atoms with van der Waals surface area (Å²) in [7, 11) is 3.01. The van der Waals surface area contributed by atoms with E-state index in [-0.39, 0.29) is 11.8 Å². The van der Waals surface area contributed by atoms with Crippen LogP contribution in [0, 0.1) is 0 Å². The number of hydrogen-bond acceptors (Lipinski definition) is 4. The second-order valence-electron chi connectivity index (χ2n) is 3.53. The third-order valence-corrected chi connectivity index (χ3v) is 2.10. The Bertz CT molecular complexity index is 312. The predicted molar refractivity (Wildman–Crippen MR) is 58.6 cm³/mol. The summed E-state index contributed by atoms with van der Waals surface area (Å²) in [6.45, 7) is 1.92. The highest BCUT2D eigenvalue weighted by Crippen LogP contribution is 2.37. The van der Waals surface area contributed by atoms with Crippen molar-refractivity contribution in [2.75, 3.05) is 14.2 Å². The minimum Gasteiger partial charge on any atom is -0.502 e. The average Bonchev–Trinajstić information content (AvgIpc) is 2.19. The number of rotatable bonds is 4. The molecule has 0 unspecified atom stereocenters. The lowest BCUT2D eigenvalue weighted by molar-refractivity contribution is 0.339. The first-order valence-corrected chi connectivity index (χ1v) is 4.78. The van der Waals surface area contributed by atoms with Crippen LogP contribution < -0.4 is 15.2 Å². The molecule has 0 spiro atoms. The number of phenolic OH excluding ortho intramolecular Hbond substituents is 1. The van der Waals surface area contributed by atoms with Crippen LogP contribution in [0.1, 0.15) is 12.5 Å². The van der Waals surface area contributed by atoms with Crippen LogP contribution in [0.5, 0.6) is 17.2 Å². The molecule has 0 aliphatic carbocycles. The second kappa shape index (κ2) is 4.89. The smallest absolute Gasteiger partial charge is 0.200 e. The van der Waals surface area contributed by atoms with Crippen molar-refractivity contribution in [2.24, 2.45) is 5.73 Å². The zero-order valence-corrected chi connectivity index (χ0v) is 9.28. The van der Waals surface area contributed by atoms with E-state index in [9.17, 15) is 5.11 Å². The Morgan fingerprint density at radius 3 is 2.07 bits per heavy atom. The van der Waals surface area contributed by atoms with Crippen molar-refractivity contribution < 1.29 is 14.6 Å². The molecule has 0 bridgehead atoms. The zero-order chi connectivity index (χ0) is 11.4. The van der Waals surface area contributed by atoms with Crippen LogP contribution in [0.3, 0.4) is 0 Å². The van der Waals surface area contributed by atoms with Crippen molar-refractivity contribution >= 4 is 0 Å². The van der Waals surface area contributed by atoms with Crippen LogP contribution >= 0.6 is 0 Å². The molecule has 0 saturated carbocycles. The van der Waals surface area contributed by atoms with E-state index >= 15 is 0 Å². The number of nitrogens with two attached hydrogens (primary N) is 1. The van der Waals surface area contributed by atoms with Gasteiger partial charge in [-0.05, 0) is 31.0 Å². The first-order chi connectivity index (χ1) is 7.08. The molecule has 0 aromatic heterocycles. The lowest BCUT2D eigenvalue weighted by atomic mass is 10.1. The maximum Gasteiger partial charge on any atom is 0.200 e. The Morgan fingerprint density at radius 2 is 1.73 bits per heavy atom. The fraction of sp³-hybridized carbons (Fsp3) is 0.455. The zero-order valence-electron chi connectivity index (χ0n) is 9.28. The lowest BCUT2D eigenvalue weighted by Gasteiger charge is -2.12. The van der Waals surface area contributed by atoms with Crippen molar-refractivity contribution in [3.63, 3.8) is 0 Å². The average molecular weight is 211 g/mol. The summed E-state index contributed by atoms with van der Waals surface area (Å²) in [5.74, 6) is 0.837. The van der Waals surface area contributed by atoms with E-state index < -0.39 is 0 Å². The number of benzene rings is 1. The highest BCUT2D eigenvalue weighted by Gasteiger charge is 2.11. The second-order valence-corrected chi connectivity index (χ2v) is 3.53. The number of hydrogen-bond donors (Lipinski definition) is 2. The van der Waals surface area contributed by atoms with Gasteiger partial charge in [-0.1, -0.05) is 0 Å². The highest BCUT2D eigenvalue weighted by molar-refractivity contribution is 5.52. The standard InChI is InChI=1S/C11H17NO3/c1-7(12)4-8-5-9(14-2)11(13)10(6-8)15-3/h5-7,13H,4,12H2,1-3H3/t7-/m0/s1. The van der Waals surface area contributed by atoms with Crippen molar-refractivity contribution in [1.82, 2.24) is 0 Å². The Labute approximate surface area is 89.6 Å². The molecule has 1 aromatic rings. The minimum absolute atomic E-state index is 0.0217. The molecule has 0 radical (unpaired) electrons. The molecule has 1 aromatic carbocycles. The van der Waals surface area contributed by atoms with E-state index in [4.69, 9.17) is 15.2 Å². The monoisotopic (exact) mass is 211 g/mol. The van der Waals surface area contributed by atoms with Crippen LogP contribution in [0.4, 0.5) is 0 Å². The van der Waals surface area contributed by atoms with Gasteiger partial charge in [0.25, 0.3) is 0 Å². The summed E-state index contributed by atoms with van der Waals surface area (Å²) in [5.41, 5.74) is 6.68. The Kier molecular flexibility index (Phi) is 3.80. The van der Waals surface area contributed by atoms with E-state index in [1.165, 1.54) is 14.2 Å². The normalized spacial score (nSPS) is 12.3. The van der Waals surface area contributed by atoms with Crippen molar-refractivity contribution in [1.29, 1.82) is 0 Å². The highest BCUT2D eigenvalue weighted by atomic mass is 16.5. The first kappa shape index (κ1) is 11.7. The summed E-state index contributed by atoms with van der Waals surface area (Å²) >= 11 is 0. The first-order valence-electron chi connectivity index (χ1n) is 4.78. The van der Waals surface area contributed by atoms with Crippen molar-refractivity contribution in [2.45, 2.75) is 19.4 Å². The largest absolute Gasteiger partial charge is 0.502 e. The molecule has 0 heterocycles. The maximum absolute atomic E-state index is 9.67. The summed E-state index contributed by atoms with van der Waals surface area (Å²) in [5, 5.41) is 9.67. The third kappa shape index (κ3) is 2.76. The number of ether oxygens (including phenoxy) is 2. The fourth-order valence-electron chi connectivity index (χ4n) is 1.44. The van der Waals surface area contributed by atoms with Gasteiger partial charge in [-0.3, -0.25) is 0 Å². The van der Waals surface area contributed by atoms with Gasteiger partial charge in [-0.25, -0.2) is 0 Å². The van der Waals surface area contributed by atoms with Crippen LogP contribution in [0.15, 0.2) is 12.1 Å². The van der Waals surface area contributed by atoms with Gasteiger partial charge in [0.1, 0.15) is 0 Å². The van der Waals surface area contributed by atoms with Crippen molar-refractivity contribution in [3.8, 4) is 17.2 Å². The van der Waals surface area contributed by atoms with E-state index in [0.29, 0.717) is 17.9 Å². The van der Waals surface area contributed by atoms with Gasteiger partial charge in [0.05, 0.1) is 14.2 Å². The third-order valence-electron chi connectivity index (χ3n) is 2.10. The Hall–Kier alpha value is -1.42. The topological polar surface area (TPSA) is 64.7 Å². The minimum atomic E-state index is 0.0217. The molecule has 1 atom stereocenters. The van der Waals surface area contributed by atoms with E-state index in [1.54, 1.807) is 12.1 Å². The molecular formula is C11H17NO3. The maximum atomic E-state index is 9.67. The molecule has 0 aliphatic rings. The van der Waals surface area contributed by atoms with E-state index in [2.05, 4.69) is 0 Å². The summed E-state index contributed by atoms with van der Waals surface area (Å²) in [4.78, 5) is 0. The Balaban J connectivity index is 3.09. The fourth-order valence-corrected chi connectivity index (χ4v) is 1.44. The molecule has 4 nitrogen and oxygen atoms in total. The van der Waals surface area contributed by atoms with Crippen LogP contribution in [-0.4, -0.2) is 25.4 Å². The van der Waals surface area contributed by atoms with Gasteiger partial charge in [0, 0.05) is 6.04 Å². The van der Waals surface area contributed by atoms with Gasteiger partial charge < -0.3 is 20.3 Å². The molecule has 3 N–H and O–H groups in total. The van der Waals surface area contributed by atoms with E-state index in [1.807, 2.05) is 6.92 Å². The molecule has 0 fully saturated rings. The summed E-state index contributed by atoms with van der Waals surface area (Å²) < 4.78 is 10.1. The van der Waals surface area contributed by atoms with Crippen LogP contribution in [0.25, 0.3) is 0 Å². The van der Waals surface area contributed by atoms with Crippen molar-refractivity contribution in [3.05, 3.63) is 17.7 Å². The van der Waals surface area contributed by atoms with Gasteiger partial charge in [-0.2, -0.15) is 0 Å². The molecule has 1 rings (SSSR count). The van der Waals surface area contributed by atoms with Gasteiger partial charge >= 0.3 is 0 Å². The molecule has 0 saturated heterocycles. The lowest BCUT2D eigenvalue weighted by Crippen LogP contribution is -2.17. The molecular weight excluding hydrogens is 194 g/mol. The molecule has 0 aliphatic heterocycles. The summed E-state index contributed by atoms with van der Waals surface area (Å²) in [6, 6.07) is 3.59. The number of methoxy groups -OCH3 is 2. The molecule has 84 valence electrons. The SMILES string of the molecule is COc1cc(C[C@H](C)N)cc(OC)c1O.